The van der Waals surface area contributed by atoms with Gasteiger partial charge in [-0.25, -0.2) is 0 Å². The quantitative estimate of drug-likeness (QED) is 0.165. The van der Waals surface area contributed by atoms with Crippen LogP contribution in [-0.4, -0.2) is 44.9 Å². The molecule has 2 unspecified atom stereocenters. The summed E-state index contributed by atoms with van der Waals surface area (Å²) in [5, 5.41) is 29.2. The molecule has 0 bridgehead atoms. The van der Waals surface area contributed by atoms with E-state index in [2.05, 4.69) is 13.8 Å². The third kappa shape index (κ3) is 14.3. The summed E-state index contributed by atoms with van der Waals surface area (Å²) in [4.78, 5) is 25.3. The minimum Gasteiger partial charge on any atom is -0.394 e. The summed E-state index contributed by atoms with van der Waals surface area (Å²) < 4.78 is 0. The van der Waals surface area contributed by atoms with Crippen molar-refractivity contribution in [3.05, 3.63) is 0 Å². The molecule has 0 aliphatic rings. The molecule has 6 heteroatoms. The summed E-state index contributed by atoms with van der Waals surface area (Å²) in [5.41, 5.74) is -0.469. The molecular formula is C23H45O5P. The van der Waals surface area contributed by atoms with Crippen molar-refractivity contribution in [3.8, 4) is 0 Å². The van der Waals surface area contributed by atoms with Gasteiger partial charge in [-0.3, -0.25) is 9.59 Å². The molecule has 172 valence electrons. The summed E-state index contributed by atoms with van der Waals surface area (Å²) in [6.07, 6.45) is 14.3. The highest BCUT2D eigenvalue weighted by Gasteiger charge is 2.36. The third-order valence-corrected chi connectivity index (χ3v) is 7.72. The van der Waals surface area contributed by atoms with E-state index in [0.29, 0.717) is 0 Å². The minimum absolute atomic E-state index is 0.235. The number of hydrogen-bond donors (Lipinski definition) is 3. The Morgan fingerprint density at radius 3 is 1.34 bits per heavy atom. The highest BCUT2D eigenvalue weighted by Crippen LogP contribution is 2.46. The molecule has 0 saturated heterocycles. The lowest BCUT2D eigenvalue weighted by molar-refractivity contribution is -0.115. The molecule has 0 aromatic carbocycles. The molecule has 0 aromatic rings. The van der Waals surface area contributed by atoms with E-state index in [4.69, 9.17) is 5.11 Å². The first-order chi connectivity index (χ1) is 14.0. The largest absolute Gasteiger partial charge is 0.394 e. The van der Waals surface area contributed by atoms with Crippen molar-refractivity contribution in [1.29, 1.82) is 0 Å². The van der Waals surface area contributed by atoms with Gasteiger partial charge in [0.2, 0.25) is 0 Å². The maximum atomic E-state index is 12.6. The predicted molar refractivity (Wildman–Crippen MR) is 121 cm³/mol. The van der Waals surface area contributed by atoms with Crippen molar-refractivity contribution in [2.75, 3.05) is 6.61 Å². The lowest BCUT2D eigenvalue weighted by Gasteiger charge is -2.24. The van der Waals surface area contributed by atoms with Crippen LogP contribution in [0.5, 0.6) is 0 Å². The van der Waals surface area contributed by atoms with Crippen LogP contribution in [-0.2, 0) is 9.59 Å². The molecule has 0 rings (SSSR count). The van der Waals surface area contributed by atoms with E-state index < -0.39 is 26.5 Å². The second kappa shape index (κ2) is 19.6. The van der Waals surface area contributed by atoms with E-state index in [1.54, 1.807) is 0 Å². The van der Waals surface area contributed by atoms with E-state index in [0.717, 1.165) is 38.5 Å². The normalized spacial score (nSPS) is 13.6. The average molecular weight is 433 g/mol. The van der Waals surface area contributed by atoms with Crippen molar-refractivity contribution in [1.82, 2.24) is 0 Å². The zero-order chi connectivity index (χ0) is 21.9. The number of carbonyl (C=O) groups is 2. The van der Waals surface area contributed by atoms with Crippen LogP contribution in [0.4, 0.5) is 0 Å². The van der Waals surface area contributed by atoms with Crippen molar-refractivity contribution in [2.24, 2.45) is 0 Å². The summed E-state index contributed by atoms with van der Waals surface area (Å²) in [6, 6.07) is 0. The molecule has 5 nitrogen and oxygen atoms in total. The number of hydrogen-bond acceptors (Lipinski definition) is 5. The van der Waals surface area contributed by atoms with Crippen molar-refractivity contribution >= 4 is 19.0 Å². The monoisotopic (exact) mass is 432 g/mol. The van der Waals surface area contributed by atoms with Crippen molar-refractivity contribution in [2.45, 2.75) is 129 Å². The van der Waals surface area contributed by atoms with Crippen LogP contribution >= 0.6 is 7.92 Å². The summed E-state index contributed by atoms with van der Waals surface area (Å²) in [6.45, 7) is 3.71. The standard InChI is InChI=1S/C23H45O5P/c1-3-5-7-9-11-13-15-17-21(26)29(23(28)20(25)19-24)22(27)18-16-14-12-10-8-6-4-2/h20,23-25,28H,3-19H2,1-2H3. The van der Waals surface area contributed by atoms with Gasteiger partial charge in [-0.2, -0.15) is 0 Å². The molecule has 3 N–H and O–H groups in total. The highest BCUT2D eigenvalue weighted by atomic mass is 31.1. The molecule has 29 heavy (non-hydrogen) atoms. The first-order valence-electron chi connectivity index (χ1n) is 11.8. The molecule has 2 atom stereocenters. The Morgan fingerprint density at radius 2 is 1.00 bits per heavy atom. The summed E-state index contributed by atoms with van der Waals surface area (Å²) in [5.74, 6) is -1.45. The molecule has 0 heterocycles. The van der Waals surface area contributed by atoms with Crippen LogP contribution in [0, 0.1) is 0 Å². The van der Waals surface area contributed by atoms with Crippen LogP contribution in [0.15, 0.2) is 0 Å². The van der Waals surface area contributed by atoms with Gasteiger partial charge in [0.25, 0.3) is 0 Å². The average Bonchev–Trinajstić information content (AvgIpc) is 2.71. The molecule has 0 saturated carbocycles. The minimum atomic E-state index is -1.98. The summed E-state index contributed by atoms with van der Waals surface area (Å²) >= 11 is 0. The highest BCUT2D eigenvalue weighted by molar-refractivity contribution is 7.89. The zero-order valence-corrected chi connectivity index (χ0v) is 19.7. The first-order valence-corrected chi connectivity index (χ1v) is 13.2. The molecule has 0 fully saturated rings. The molecular weight excluding hydrogens is 387 g/mol. The Morgan fingerprint density at radius 1 is 0.655 bits per heavy atom. The number of rotatable bonds is 21. The molecule has 0 aliphatic heterocycles. The van der Waals surface area contributed by atoms with Gasteiger partial charge in [0, 0.05) is 12.8 Å². The van der Waals surface area contributed by atoms with Crippen LogP contribution in [0.2, 0.25) is 0 Å². The van der Waals surface area contributed by atoms with Crippen molar-refractivity contribution < 1.29 is 24.9 Å². The number of aliphatic hydroxyl groups excluding tert-OH is 3. The Balaban J connectivity index is 4.41. The smallest absolute Gasteiger partial charge is 0.164 e. The van der Waals surface area contributed by atoms with Crippen LogP contribution in [0.3, 0.4) is 0 Å². The lowest BCUT2D eigenvalue weighted by Crippen LogP contribution is -2.31. The predicted octanol–water partition coefficient (Wildman–Crippen LogP) is 5.47. The maximum Gasteiger partial charge on any atom is 0.164 e. The Bertz CT molecular complexity index is 386. The van der Waals surface area contributed by atoms with Crippen molar-refractivity contribution in [3.63, 3.8) is 0 Å². The Hall–Kier alpha value is -0.350. The van der Waals surface area contributed by atoms with Gasteiger partial charge in [-0.15, -0.1) is 0 Å². The molecule has 0 aromatic heterocycles. The van der Waals surface area contributed by atoms with Gasteiger partial charge in [-0.1, -0.05) is 90.9 Å². The SMILES string of the molecule is CCCCCCCCCC(=O)P(C(=O)CCCCCCCCC)C(O)C(O)CO. The molecule has 0 aliphatic carbocycles. The van der Waals surface area contributed by atoms with Gasteiger partial charge in [0.15, 0.2) is 11.0 Å². The van der Waals surface area contributed by atoms with Gasteiger partial charge >= 0.3 is 0 Å². The second-order valence-electron chi connectivity index (χ2n) is 8.06. The number of carbonyl (C=O) groups excluding carboxylic acids is 2. The zero-order valence-electron chi connectivity index (χ0n) is 18.8. The van der Waals surface area contributed by atoms with Crippen LogP contribution < -0.4 is 0 Å². The fourth-order valence-corrected chi connectivity index (χ4v) is 5.51. The summed E-state index contributed by atoms with van der Waals surface area (Å²) in [7, 11) is -1.98. The van der Waals surface area contributed by atoms with Gasteiger partial charge in [-0.05, 0) is 12.8 Å². The maximum absolute atomic E-state index is 12.6. The van der Waals surface area contributed by atoms with E-state index in [1.165, 1.54) is 51.4 Å². The van der Waals surface area contributed by atoms with Gasteiger partial charge in [0.1, 0.15) is 11.9 Å². The molecule has 0 amide bonds. The van der Waals surface area contributed by atoms with E-state index in [1.807, 2.05) is 0 Å². The lowest BCUT2D eigenvalue weighted by atomic mass is 10.1. The van der Waals surface area contributed by atoms with Gasteiger partial charge in [0.05, 0.1) is 14.5 Å². The number of aliphatic hydroxyl groups is 3. The van der Waals surface area contributed by atoms with Crippen LogP contribution in [0.1, 0.15) is 117 Å². The third-order valence-electron chi connectivity index (χ3n) is 5.32. The Labute approximate surface area is 179 Å². The number of unbranched alkanes of at least 4 members (excludes halogenated alkanes) is 12. The van der Waals surface area contributed by atoms with E-state index >= 15 is 0 Å². The Kier molecular flexibility index (Phi) is 19.4. The first kappa shape index (κ1) is 28.6. The van der Waals surface area contributed by atoms with E-state index in [-0.39, 0.29) is 23.9 Å². The van der Waals surface area contributed by atoms with Crippen LogP contribution in [0.25, 0.3) is 0 Å². The molecule has 0 spiro atoms. The van der Waals surface area contributed by atoms with Gasteiger partial charge < -0.3 is 15.3 Å². The second-order valence-corrected chi connectivity index (χ2v) is 10.3. The van der Waals surface area contributed by atoms with E-state index in [9.17, 15) is 19.8 Å². The molecule has 0 radical (unpaired) electrons. The fourth-order valence-electron chi connectivity index (χ4n) is 3.41. The fraction of sp³-hybridized carbons (Fsp3) is 0.913. The topological polar surface area (TPSA) is 94.8 Å².